The molecule has 1 aliphatic rings. The maximum absolute atomic E-state index is 13.4. The number of hydrogen-bond donors (Lipinski definition) is 0. The maximum atomic E-state index is 13.4. The van der Waals surface area contributed by atoms with Gasteiger partial charge in [-0.2, -0.15) is 17.0 Å². The van der Waals surface area contributed by atoms with Crippen molar-refractivity contribution in [3.63, 3.8) is 0 Å². The Hall–Kier alpha value is -1.71. The summed E-state index contributed by atoms with van der Waals surface area (Å²) in [7, 11) is -0.527. The SMILES string of the molecule is CN(C)S(=O)(=O)N1CCN(C(=O)COc2ccccc2F)CC1. The molecular weight excluding hydrogens is 325 g/mol. The fourth-order valence-corrected chi connectivity index (χ4v) is 3.28. The molecule has 7 nitrogen and oxygen atoms in total. The van der Waals surface area contributed by atoms with Crippen molar-refractivity contribution in [3.05, 3.63) is 30.1 Å². The summed E-state index contributed by atoms with van der Waals surface area (Å²) in [6.45, 7) is 0.748. The van der Waals surface area contributed by atoms with Gasteiger partial charge in [0.15, 0.2) is 18.2 Å². The summed E-state index contributed by atoms with van der Waals surface area (Å²) in [5.41, 5.74) is 0. The van der Waals surface area contributed by atoms with Crippen molar-refractivity contribution in [1.82, 2.24) is 13.5 Å². The first-order valence-electron chi connectivity index (χ1n) is 7.15. The summed E-state index contributed by atoms with van der Waals surface area (Å²) in [6.07, 6.45) is 0. The van der Waals surface area contributed by atoms with Crippen molar-refractivity contribution in [1.29, 1.82) is 0 Å². The van der Waals surface area contributed by atoms with E-state index in [2.05, 4.69) is 0 Å². The smallest absolute Gasteiger partial charge is 0.281 e. The van der Waals surface area contributed by atoms with Crippen molar-refractivity contribution in [3.8, 4) is 5.75 Å². The highest BCUT2D eigenvalue weighted by atomic mass is 32.2. The summed E-state index contributed by atoms with van der Waals surface area (Å²) in [4.78, 5) is 13.6. The third-order valence-corrected chi connectivity index (χ3v) is 5.51. The number of piperazine rings is 1. The van der Waals surface area contributed by atoms with Crippen LogP contribution in [0.2, 0.25) is 0 Å². The van der Waals surface area contributed by atoms with Crippen LogP contribution in [-0.4, -0.2) is 74.7 Å². The van der Waals surface area contributed by atoms with Crippen molar-refractivity contribution >= 4 is 16.1 Å². The summed E-state index contributed by atoms with van der Waals surface area (Å²) >= 11 is 0. The number of benzene rings is 1. The molecule has 0 radical (unpaired) electrons. The molecule has 1 fully saturated rings. The molecule has 1 aliphatic heterocycles. The Morgan fingerprint density at radius 1 is 1.22 bits per heavy atom. The van der Waals surface area contributed by atoms with Gasteiger partial charge in [-0.15, -0.1) is 0 Å². The van der Waals surface area contributed by atoms with Crippen LogP contribution in [0.5, 0.6) is 5.75 Å². The molecule has 0 atom stereocenters. The lowest BCUT2D eigenvalue weighted by Crippen LogP contribution is -2.53. The zero-order chi connectivity index (χ0) is 17.0. The zero-order valence-corrected chi connectivity index (χ0v) is 13.9. The highest BCUT2D eigenvalue weighted by molar-refractivity contribution is 7.86. The molecule has 1 amide bonds. The molecule has 0 aliphatic carbocycles. The Morgan fingerprint density at radius 2 is 1.83 bits per heavy atom. The highest BCUT2D eigenvalue weighted by Gasteiger charge is 2.30. The molecule has 0 aromatic heterocycles. The predicted octanol–water partition coefficient (Wildman–Crippen LogP) is 0.155. The Balaban J connectivity index is 1.86. The van der Waals surface area contributed by atoms with Gasteiger partial charge in [-0.3, -0.25) is 4.79 Å². The van der Waals surface area contributed by atoms with Crippen LogP contribution in [0.25, 0.3) is 0 Å². The minimum Gasteiger partial charge on any atom is -0.481 e. The minimum atomic E-state index is -3.46. The van der Waals surface area contributed by atoms with Crippen molar-refractivity contribution in [2.24, 2.45) is 0 Å². The van der Waals surface area contributed by atoms with E-state index in [1.54, 1.807) is 6.07 Å². The number of carbonyl (C=O) groups is 1. The van der Waals surface area contributed by atoms with E-state index < -0.39 is 16.0 Å². The molecule has 2 rings (SSSR count). The largest absolute Gasteiger partial charge is 0.481 e. The average Bonchev–Trinajstić information content (AvgIpc) is 2.53. The summed E-state index contributed by atoms with van der Waals surface area (Å²) in [5.74, 6) is -0.799. The fourth-order valence-electron chi connectivity index (χ4n) is 2.19. The molecular formula is C14H20FN3O4S. The molecule has 0 saturated carbocycles. The second kappa shape index (κ2) is 7.24. The number of halogens is 1. The number of nitrogens with zero attached hydrogens (tertiary/aromatic N) is 3. The van der Waals surface area contributed by atoms with E-state index in [-0.39, 0.29) is 44.4 Å². The lowest BCUT2D eigenvalue weighted by Gasteiger charge is -2.35. The van der Waals surface area contributed by atoms with Crippen LogP contribution in [-0.2, 0) is 15.0 Å². The highest BCUT2D eigenvalue weighted by Crippen LogP contribution is 2.16. The second-order valence-electron chi connectivity index (χ2n) is 5.29. The molecule has 0 N–H and O–H groups in total. The number of ether oxygens (including phenoxy) is 1. The van der Waals surface area contributed by atoms with Crippen LogP contribution < -0.4 is 4.74 Å². The summed E-state index contributed by atoms with van der Waals surface area (Å²) in [5, 5.41) is 0. The third-order valence-electron chi connectivity index (χ3n) is 3.57. The van der Waals surface area contributed by atoms with E-state index in [0.29, 0.717) is 0 Å². The predicted molar refractivity (Wildman–Crippen MR) is 82.7 cm³/mol. The van der Waals surface area contributed by atoms with Gasteiger partial charge >= 0.3 is 0 Å². The van der Waals surface area contributed by atoms with E-state index in [1.165, 1.54) is 41.5 Å². The fraction of sp³-hybridized carbons (Fsp3) is 0.500. The Labute approximate surface area is 135 Å². The summed E-state index contributed by atoms with van der Waals surface area (Å²) < 4.78 is 45.0. The number of hydrogen-bond acceptors (Lipinski definition) is 4. The molecule has 1 aromatic carbocycles. The van der Waals surface area contributed by atoms with Crippen LogP contribution >= 0.6 is 0 Å². The minimum absolute atomic E-state index is 0.0228. The van der Waals surface area contributed by atoms with Crippen molar-refractivity contribution < 1.29 is 22.3 Å². The number of rotatable bonds is 5. The lowest BCUT2D eigenvalue weighted by atomic mass is 10.3. The first kappa shape index (κ1) is 17.6. The lowest BCUT2D eigenvalue weighted by molar-refractivity contribution is -0.134. The van der Waals surface area contributed by atoms with Crippen LogP contribution in [0, 0.1) is 5.82 Å². The van der Waals surface area contributed by atoms with Gasteiger partial charge < -0.3 is 9.64 Å². The normalized spacial score (nSPS) is 16.6. The molecule has 9 heteroatoms. The van der Waals surface area contributed by atoms with Gasteiger partial charge in [0.25, 0.3) is 16.1 Å². The van der Waals surface area contributed by atoms with Crippen molar-refractivity contribution in [2.45, 2.75) is 0 Å². The molecule has 1 saturated heterocycles. The number of amides is 1. The maximum Gasteiger partial charge on any atom is 0.281 e. The van der Waals surface area contributed by atoms with Gasteiger partial charge in [0.2, 0.25) is 0 Å². The standard InChI is InChI=1S/C14H20FN3O4S/c1-16(2)23(20,21)18-9-7-17(8-10-18)14(19)11-22-13-6-4-3-5-12(13)15/h3-6H,7-11H2,1-2H3. The van der Waals surface area contributed by atoms with Crippen LogP contribution in [0.3, 0.4) is 0 Å². The second-order valence-corrected chi connectivity index (χ2v) is 7.43. The molecule has 0 bridgehead atoms. The van der Waals surface area contributed by atoms with Gasteiger partial charge in [-0.25, -0.2) is 4.39 Å². The zero-order valence-electron chi connectivity index (χ0n) is 13.1. The molecule has 128 valence electrons. The molecule has 1 aromatic rings. The third kappa shape index (κ3) is 4.18. The molecule has 1 heterocycles. The van der Waals surface area contributed by atoms with Gasteiger partial charge in [0.1, 0.15) is 0 Å². The van der Waals surface area contributed by atoms with Gasteiger partial charge in [-0.05, 0) is 12.1 Å². The Morgan fingerprint density at radius 3 is 2.39 bits per heavy atom. The summed E-state index contributed by atoms with van der Waals surface area (Å²) in [6, 6.07) is 5.86. The quantitative estimate of drug-likeness (QED) is 0.762. The average molecular weight is 345 g/mol. The van der Waals surface area contributed by atoms with E-state index >= 15 is 0 Å². The van der Waals surface area contributed by atoms with Crippen LogP contribution in [0.4, 0.5) is 4.39 Å². The first-order chi connectivity index (χ1) is 10.8. The molecule has 0 spiro atoms. The topological polar surface area (TPSA) is 70.2 Å². The van der Waals surface area contributed by atoms with Gasteiger partial charge in [0.05, 0.1) is 0 Å². The monoisotopic (exact) mass is 345 g/mol. The van der Waals surface area contributed by atoms with Crippen LogP contribution in [0.1, 0.15) is 0 Å². The van der Waals surface area contributed by atoms with E-state index in [9.17, 15) is 17.6 Å². The van der Waals surface area contributed by atoms with E-state index in [1.807, 2.05) is 0 Å². The molecule has 0 unspecified atom stereocenters. The van der Waals surface area contributed by atoms with Gasteiger partial charge in [0, 0.05) is 40.3 Å². The van der Waals surface area contributed by atoms with E-state index in [4.69, 9.17) is 4.74 Å². The number of para-hydroxylation sites is 1. The van der Waals surface area contributed by atoms with E-state index in [0.717, 1.165) is 4.31 Å². The van der Waals surface area contributed by atoms with Crippen molar-refractivity contribution in [2.75, 3.05) is 46.9 Å². The first-order valence-corrected chi connectivity index (χ1v) is 8.55. The van der Waals surface area contributed by atoms with Crippen LogP contribution in [0.15, 0.2) is 24.3 Å². The molecule has 23 heavy (non-hydrogen) atoms. The Kier molecular flexibility index (Phi) is 5.55. The van der Waals surface area contributed by atoms with Gasteiger partial charge in [-0.1, -0.05) is 12.1 Å². The Bertz CT molecular complexity index is 658. The number of carbonyl (C=O) groups excluding carboxylic acids is 1.